The first-order valence-corrected chi connectivity index (χ1v) is 15.1. The molecule has 4 rings (SSSR count). The summed E-state index contributed by atoms with van der Waals surface area (Å²) in [5, 5.41) is 20.2. The number of aromatic amines is 2. The lowest BCUT2D eigenvalue weighted by atomic mass is 9.97. The van der Waals surface area contributed by atoms with Crippen LogP contribution >= 0.6 is 0 Å². The molecular formula is C35H44N4O4. The Kier molecular flexibility index (Phi) is 10.4. The summed E-state index contributed by atoms with van der Waals surface area (Å²) >= 11 is 0. The van der Waals surface area contributed by atoms with Crippen molar-refractivity contribution in [1.82, 2.24) is 9.97 Å². The maximum Gasteiger partial charge on any atom is 0.303 e. The predicted octanol–water partition coefficient (Wildman–Crippen LogP) is 5.90. The Bertz CT molecular complexity index is 1710. The summed E-state index contributed by atoms with van der Waals surface area (Å²) in [5.74, 6) is -0.821. The number of rotatable bonds is 13. The van der Waals surface area contributed by atoms with Gasteiger partial charge in [0.2, 0.25) is 0 Å². The fourth-order valence-electron chi connectivity index (χ4n) is 6.10. The van der Waals surface area contributed by atoms with Gasteiger partial charge in [0.15, 0.2) is 0 Å². The Morgan fingerprint density at radius 1 is 0.930 bits per heavy atom. The van der Waals surface area contributed by atoms with Gasteiger partial charge in [0, 0.05) is 28.5 Å². The van der Waals surface area contributed by atoms with Gasteiger partial charge in [-0.15, -0.1) is 0 Å². The highest BCUT2D eigenvalue weighted by Gasteiger charge is 2.23. The molecule has 0 radical (unpaired) electrons. The zero-order chi connectivity index (χ0) is 31.3. The standard InChI is InChI=1S/C35H44N4O4/c1-8-24-21(5)31(37-28(24)10-3)17-33-25(9-2)22(6)29(38-33)16-30-23(7)27(12-11-15-43-42)34(39-30)18-32-26(13-14-35(40)41)20(4)19-36-32/h10,16-18,37-38,42H,3,8-9,11-15,19H2,1-2,4-7H3,(H,40,41)/b29-16-,33-17-,34-18-. The van der Waals surface area contributed by atoms with Crippen molar-refractivity contribution in [3.63, 3.8) is 0 Å². The normalized spacial score (nSPS) is 17.1. The third-order valence-electron chi connectivity index (χ3n) is 8.61. The number of aliphatic imine (C=N–C) groups is 2. The van der Waals surface area contributed by atoms with E-state index >= 15 is 0 Å². The van der Waals surface area contributed by atoms with Crippen LogP contribution < -0.4 is 10.7 Å². The van der Waals surface area contributed by atoms with Crippen molar-refractivity contribution in [2.24, 2.45) is 9.98 Å². The first-order chi connectivity index (χ1) is 20.6. The van der Waals surface area contributed by atoms with E-state index < -0.39 is 5.97 Å². The van der Waals surface area contributed by atoms with Gasteiger partial charge in [0.1, 0.15) is 0 Å². The van der Waals surface area contributed by atoms with E-state index in [-0.39, 0.29) is 13.0 Å². The molecular weight excluding hydrogens is 540 g/mol. The number of H-pyrrole nitrogens is 2. The molecule has 0 aliphatic carbocycles. The van der Waals surface area contributed by atoms with Crippen LogP contribution in [0, 0.1) is 13.8 Å². The zero-order valence-corrected chi connectivity index (χ0v) is 26.3. The Morgan fingerprint density at radius 3 is 2.30 bits per heavy atom. The SMILES string of the molecule is C=Cc1[nH]c(/C=c2\[nH]/c(=C\C3=NC(=C\C4=NCC(C)=C4CCC(=O)O)/C(CCCOO)=C3C)c(C)c2CC)c(C)c1CC. The van der Waals surface area contributed by atoms with Crippen molar-refractivity contribution in [3.05, 3.63) is 85.0 Å². The molecule has 8 nitrogen and oxygen atoms in total. The first kappa shape index (κ1) is 31.9. The summed E-state index contributed by atoms with van der Waals surface area (Å²) < 4.78 is 0. The van der Waals surface area contributed by atoms with Crippen molar-refractivity contribution < 1.29 is 20.0 Å². The number of hydrogen-bond acceptors (Lipinski definition) is 5. The van der Waals surface area contributed by atoms with Crippen molar-refractivity contribution in [3.8, 4) is 0 Å². The molecule has 2 aromatic heterocycles. The summed E-state index contributed by atoms with van der Waals surface area (Å²) in [4.78, 5) is 32.6. The quantitative estimate of drug-likeness (QED) is 0.133. The van der Waals surface area contributed by atoms with Crippen LogP contribution in [0.4, 0.5) is 0 Å². The van der Waals surface area contributed by atoms with Gasteiger partial charge >= 0.3 is 5.97 Å². The monoisotopic (exact) mass is 584 g/mol. The van der Waals surface area contributed by atoms with Crippen molar-refractivity contribution >= 4 is 35.6 Å². The zero-order valence-electron chi connectivity index (χ0n) is 26.3. The Labute approximate surface area is 253 Å². The third-order valence-corrected chi connectivity index (χ3v) is 8.61. The molecule has 0 aromatic carbocycles. The van der Waals surface area contributed by atoms with Crippen molar-refractivity contribution in [2.75, 3.05) is 13.2 Å². The summed E-state index contributed by atoms with van der Waals surface area (Å²) in [7, 11) is 0. The number of nitrogens with zero attached hydrogens (tertiary/aromatic N) is 2. The van der Waals surface area contributed by atoms with Crippen LogP contribution in [-0.2, 0) is 22.5 Å². The molecule has 4 heterocycles. The minimum atomic E-state index is -0.821. The van der Waals surface area contributed by atoms with E-state index in [0.717, 1.165) is 74.3 Å². The number of aromatic nitrogens is 2. The molecule has 2 aliphatic heterocycles. The molecule has 0 atom stereocenters. The molecule has 0 unspecified atom stereocenters. The third kappa shape index (κ3) is 6.81. The highest BCUT2D eigenvalue weighted by atomic mass is 17.1. The number of carboxylic acids is 1. The minimum absolute atomic E-state index is 0.0641. The lowest BCUT2D eigenvalue weighted by Gasteiger charge is -2.08. The van der Waals surface area contributed by atoms with Crippen LogP contribution in [-0.4, -0.2) is 50.9 Å². The number of aliphatic carboxylic acids is 1. The van der Waals surface area contributed by atoms with Crippen LogP contribution in [0.25, 0.3) is 18.2 Å². The smallest absolute Gasteiger partial charge is 0.303 e. The van der Waals surface area contributed by atoms with E-state index in [4.69, 9.17) is 15.2 Å². The molecule has 0 saturated carbocycles. The average Bonchev–Trinajstić information content (AvgIpc) is 3.67. The van der Waals surface area contributed by atoms with Crippen LogP contribution in [0.1, 0.15) is 87.0 Å². The number of hydrogen-bond donors (Lipinski definition) is 4. The van der Waals surface area contributed by atoms with Gasteiger partial charge in [-0.05, 0) is 129 Å². The molecule has 0 bridgehead atoms. The molecule has 8 heteroatoms. The fraction of sp³-hybridized carbons (Fsp3) is 0.400. The van der Waals surface area contributed by atoms with Crippen molar-refractivity contribution in [2.45, 2.75) is 80.1 Å². The second kappa shape index (κ2) is 14.0. The summed E-state index contributed by atoms with van der Waals surface area (Å²) in [5.41, 5.74) is 13.8. The van der Waals surface area contributed by atoms with Gasteiger partial charge in [0.05, 0.1) is 30.3 Å². The molecule has 0 spiro atoms. The number of carbonyl (C=O) groups is 1. The first-order valence-electron chi connectivity index (χ1n) is 15.1. The van der Waals surface area contributed by atoms with Gasteiger partial charge in [-0.2, -0.15) is 0 Å². The van der Waals surface area contributed by atoms with Gasteiger partial charge in [-0.1, -0.05) is 20.4 Å². The summed E-state index contributed by atoms with van der Waals surface area (Å²) in [6, 6.07) is 0. The minimum Gasteiger partial charge on any atom is -0.481 e. The van der Waals surface area contributed by atoms with E-state index in [9.17, 15) is 9.90 Å². The summed E-state index contributed by atoms with van der Waals surface area (Å²) in [6.45, 7) is 17.5. The van der Waals surface area contributed by atoms with Gasteiger partial charge < -0.3 is 15.1 Å². The van der Waals surface area contributed by atoms with Crippen molar-refractivity contribution in [1.29, 1.82) is 0 Å². The van der Waals surface area contributed by atoms with E-state index in [0.29, 0.717) is 25.8 Å². The van der Waals surface area contributed by atoms with Crippen LogP contribution in [0.2, 0.25) is 0 Å². The van der Waals surface area contributed by atoms with E-state index in [1.165, 1.54) is 22.3 Å². The molecule has 228 valence electrons. The molecule has 2 aromatic rings. The van der Waals surface area contributed by atoms with Gasteiger partial charge in [-0.3, -0.25) is 15.0 Å². The molecule has 4 N–H and O–H groups in total. The Morgan fingerprint density at radius 2 is 1.67 bits per heavy atom. The largest absolute Gasteiger partial charge is 0.481 e. The highest BCUT2D eigenvalue weighted by molar-refractivity contribution is 6.23. The molecule has 2 aliphatic rings. The van der Waals surface area contributed by atoms with E-state index in [1.54, 1.807) is 0 Å². The lowest BCUT2D eigenvalue weighted by molar-refractivity contribution is -0.242. The molecule has 0 fully saturated rings. The average molecular weight is 585 g/mol. The number of nitrogens with one attached hydrogen (secondary N) is 2. The topological polar surface area (TPSA) is 123 Å². The lowest BCUT2D eigenvalue weighted by Crippen LogP contribution is -2.14. The van der Waals surface area contributed by atoms with Gasteiger partial charge in [-0.25, -0.2) is 9.88 Å². The summed E-state index contributed by atoms with van der Waals surface area (Å²) in [6.07, 6.45) is 11.8. The molecule has 43 heavy (non-hydrogen) atoms. The maximum atomic E-state index is 11.3. The number of carboxylic acid groups (broad SMARTS) is 1. The second-order valence-electron chi connectivity index (χ2n) is 11.2. The van der Waals surface area contributed by atoms with Gasteiger partial charge in [0.25, 0.3) is 0 Å². The Hall–Kier alpha value is -4.01. The second-order valence-corrected chi connectivity index (χ2v) is 11.2. The fourth-order valence-corrected chi connectivity index (χ4v) is 6.10. The molecule has 0 amide bonds. The van der Waals surface area contributed by atoms with Crippen LogP contribution in [0.5, 0.6) is 0 Å². The Balaban J connectivity index is 1.79. The molecule has 0 saturated heterocycles. The predicted molar refractivity (Wildman–Crippen MR) is 175 cm³/mol. The van der Waals surface area contributed by atoms with E-state index in [1.807, 2.05) is 19.1 Å². The maximum absolute atomic E-state index is 11.3. The van der Waals surface area contributed by atoms with Crippen LogP contribution in [0.15, 0.2) is 50.6 Å². The van der Waals surface area contributed by atoms with Crippen LogP contribution in [0.3, 0.4) is 0 Å². The van der Waals surface area contributed by atoms with E-state index in [2.05, 4.69) is 68.2 Å². The number of allylic oxidation sites excluding steroid dienone is 4. The highest BCUT2D eigenvalue weighted by Crippen LogP contribution is 2.32.